The predicted molar refractivity (Wildman–Crippen MR) is 80.7 cm³/mol. The van der Waals surface area contributed by atoms with Gasteiger partial charge in [0.1, 0.15) is 5.54 Å². The van der Waals surface area contributed by atoms with Gasteiger partial charge in [0.2, 0.25) is 0 Å². The Bertz CT molecular complexity index is 330. The molecular weight excluding hydrogens is 252 g/mol. The molecule has 0 aromatic heterocycles. The average molecular weight is 282 g/mol. The van der Waals surface area contributed by atoms with Crippen molar-refractivity contribution in [1.82, 2.24) is 10.2 Å². The maximum atomic E-state index is 12.2. The van der Waals surface area contributed by atoms with Crippen LogP contribution in [0.5, 0.6) is 0 Å². The summed E-state index contributed by atoms with van der Waals surface area (Å²) in [5.41, 5.74) is -0.434. The Morgan fingerprint density at radius 1 is 1.35 bits per heavy atom. The molecule has 1 N–H and O–H groups in total. The zero-order valence-corrected chi connectivity index (χ0v) is 13.3. The number of hydrogen-bond donors (Lipinski definition) is 1. The summed E-state index contributed by atoms with van der Waals surface area (Å²) in [5.74, 6) is 0.342. The molecule has 0 spiro atoms. The predicted octanol–water partition coefficient (Wildman–Crippen LogP) is 2.18. The number of carbonyl (C=O) groups excluding carboxylic acids is 1. The topological polar surface area (TPSA) is 41.6 Å². The molecule has 2 aliphatic rings. The second-order valence-electron chi connectivity index (χ2n) is 6.36. The molecule has 0 saturated heterocycles. The van der Waals surface area contributed by atoms with Crippen molar-refractivity contribution in [3.05, 3.63) is 0 Å². The highest BCUT2D eigenvalue weighted by atomic mass is 16.5. The Morgan fingerprint density at radius 3 is 2.65 bits per heavy atom. The number of methoxy groups -OCH3 is 1. The first kappa shape index (κ1) is 15.8. The average Bonchev–Trinajstić information content (AvgIpc) is 3.23. The van der Waals surface area contributed by atoms with Gasteiger partial charge in [-0.05, 0) is 64.6 Å². The Kier molecular flexibility index (Phi) is 5.44. The molecule has 2 unspecified atom stereocenters. The summed E-state index contributed by atoms with van der Waals surface area (Å²) in [6.45, 7) is 4.57. The third-order valence-corrected chi connectivity index (χ3v) is 5.16. The number of ether oxygens (including phenoxy) is 1. The first-order valence-corrected chi connectivity index (χ1v) is 8.19. The highest BCUT2D eigenvalue weighted by Crippen LogP contribution is 2.39. The second kappa shape index (κ2) is 6.90. The standard InChI is InChI=1S/C16H30N2O2/c1-4-11-18(14-7-8-14)12-9-13-6-5-10-16(13,17-2)15(19)20-3/h13-14,17H,4-12H2,1-3H3. The fourth-order valence-electron chi connectivity index (χ4n) is 3.88. The molecule has 2 rings (SSSR count). The molecule has 2 saturated carbocycles. The van der Waals surface area contributed by atoms with Crippen LogP contribution in [0.25, 0.3) is 0 Å². The molecule has 0 aromatic carbocycles. The number of nitrogens with one attached hydrogen (secondary N) is 1. The number of nitrogens with zero attached hydrogens (tertiary/aromatic N) is 1. The van der Waals surface area contributed by atoms with Gasteiger partial charge >= 0.3 is 5.97 Å². The first-order valence-electron chi connectivity index (χ1n) is 8.19. The van der Waals surface area contributed by atoms with E-state index in [1.807, 2.05) is 7.05 Å². The number of likely N-dealkylation sites (N-methyl/N-ethyl adjacent to an activating group) is 1. The van der Waals surface area contributed by atoms with Gasteiger partial charge in [0.15, 0.2) is 0 Å². The van der Waals surface area contributed by atoms with E-state index >= 15 is 0 Å². The van der Waals surface area contributed by atoms with Crippen LogP contribution in [0.15, 0.2) is 0 Å². The molecule has 2 aliphatic carbocycles. The molecule has 0 bridgehead atoms. The zero-order chi connectivity index (χ0) is 14.6. The van der Waals surface area contributed by atoms with Crippen LogP contribution in [0.3, 0.4) is 0 Å². The van der Waals surface area contributed by atoms with E-state index in [0.29, 0.717) is 5.92 Å². The Balaban J connectivity index is 1.94. The van der Waals surface area contributed by atoms with Crippen molar-refractivity contribution in [3.63, 3.8) is 0 Å². The van der Waals surface area contributed by atoms with Crippen molar-refractivity contribution in [2.45, 2.75) is 63.5 Å². The molecule has 0 heterocycles. The molecule has 20 heavy (non-hydrogen) atoms. The smallest absolute Gasteiger partial charge is 0.326 e. The van der Waals surface area contributed by atoms with E-state index in [4.69, 9.17) is 4.74 Å². The van der Waals surface area contributed by atoms with Gasteiger partial charge in [-0.15, -0.1) is 0 Å². The van der Waals surface area contributed by atoms with Gasteiger partial charge in [-0.1, -0.05) is 13.3 Å². The van der Waals surface area contributed by atoms with E-state index in [2.05, 4.69) is 17.1 Å². The van der Waals surface area contributed by atoms with Crippen LogP contribution in [0.4, 0.5) is 0 Å². The van der Waals surface area contributed by atoms with E-state index in [1.165, 1.54) is 32.9 Å². The summed E-state index contributed by atoms with van der Waals surface area (Å²) >= 11 is 0. The first-order chi connectivity index (χ1) is 9.67. The van der Waals surface area contributed by atoms with Gasteiger partial charge in [0.25, 0.3) is 0 Å². The van der Waals surface area contributed by atoms with Crippen molar-refractivity contribution in [3.8, 4) is 0 Å². The Morgan fingerprint density at radius 2 is 2.10 bits per heavy atom. The summed E-state index contributed by atoms with van der Waals surface area (Å²) in [6, 6.07) is 0.818. The monoisotopic (exact) mass is 282 g/mol. The number of carbonyl (C=O) groups is 1. The number of hydrogen-bond acceptors (Lipinski definition) is 4. The summed E-state index contributed by atoms with van der Waals surface area (Å²) in [5, 5.41) is 3.29. The maximum absolute atomic E-state index is 12.2. The third kappa shape index (κ3) is 3.17. The minimum atomic E-state index is -0.434. The van der Waals surface area contributed by atoms with Crippen molar-refractivity contribution in [2.75, 3.05) is 27.2 Å². The number of rotatable bonds is 8. The third-order valence-electron chi connectivity index (χ3n) is 5.16. The minimum absolute atomic E-state index is 0.0732. The van der Waals surface area contributed by atoms with E-state index < -0.39 is 5.54 Å². The molecular formula is C16H30N2O2. The molecule has 0 aromatic rings. The van der Waals surface area contributed by atoms with E-state index in [0.717, 1.165) is 38.3 Å². The van der Waals surface area contributed by atoms with Crippen molar-refractivity contribution < 1.29 is 9.53 Å². The molecule has 0 aliphatic heterocycles. The molecule has 2 atom stereocenters. The van der Waals surface area contributed by atoms with Gasteiger partial charge in [-0.2, -0.15) is 0 Å². The van der Waals surface area contributed by atoms with Gasteiger partial charge in [-0.3, -0.25) is 4.79 Å². The molecule has 4 heteroatoms. The molecule has 4 nitrogen and oxygen atoms in total. The van der Waals surface area contributed by atoms with Crippen LogP contribution >= 0.6 is 0 Å². The molecule has 116 valence electrons. The SMILES string of the molecule is CCCN(CCC1CCCC1(NC)C(=O)OC)C1CC1. The largest absolute Gasteiger partial charge is 0.468 e. The Labute approximate surface area is 123 Å². The normalized spacial score (nSPS) is 29.9. The van der Waals surface area contributed by atoms with Crippen molar-refractivity contribution in [2.24, 2.45) is 5.92 Å². The highest BCUT2D eigenvalue weighted by molar-refractivity contribution is 5.81. The summed E-state index contributed by atoms with van der Waals surface area (Å²) in [4.78, 5) is 14.8. The lowest BCUT2D eigenvalue weighted by atomic mass is 9.84. The zero-order valence-electron chi connectivity index (χ0n) is 13.3. The summed E-state index contributed by atoms with van der Waals surface area (Å²) in [6.07, 6.45) is 8.22. The lowest BCUT2D eigenvalue weighted by Gasteiger charge is -2.34. The lowest BCUT2D eigenvalue weighted by molar-refractivity contribution is -0.150. The second-order valence-corrected chi connectivity index (χ2v) is 6.36. The maximum Gasteiger partial charge on any atom is 0.326 e. The van der Waals surface area contributed by atoms with Gasteiger partial charge in [0.05, 0.1) is 7.11 Å². The van der Waals surface area contributed by atoms with Crippen LogP contribution in [-0.2, 0) is 9.53 Å². The van der Waals surface area contributed by atoms with E-state index in [1.54, 1.807) is 0 Å². The summed E-state index contributed by atoms with van der Waals surface area (Å²) in [7, 11) is 3.41. The highest BCUT2D eigenvalue weighted by Gasteiger charge is 2.48. The van der Waals surface area contributed by atoms with Gasteiger partial charge in [-0.25, -0.2) is 0 Å². The van der Waals surface area contributed by atoms with Crippen LogP contribution in [0, 0.1) is 5.92 Å². The van der Waals surface area contributed by atoms with E-state index in [9.17, 15) is 4.79 Å². The Hall–Kier alpha value is -0.610. The van der Waals surface area contributed by atoms with Crippen LogP contribution in [0.2, 0.25) is 0 Å². The quantitative estimate of drug-likeness (QED) is 0.693. The minimum Gasteiger partial charge on any atom is -0.468 e. The fraction of sp³-hybridized carbons (Fsp3) is 0.938. The van der Waals surface area contributed by atoms with Crippen LogP contribution in [0.1, 0.15) is 51.9 Å². The van der Waals surface area contributed by atoms with Gasteiger partial charge < -0.3 is 15.0 Å². The van der Waals surface area contributed by atoms with Crippen molar-refractivity contribution in [1.29, 1.82) is 0 Å². The lowest BCUT2D eigenvalue weighted by Crippen LogP contribution is -2.54. The van der Waals surface area contributed by atoms with Gasteiger partial charge in [0, 0.05) is 6.04 Å². The molecule has 2 fully saturated rings. The molecule has 0 amide bonds. The molecule has 0 radical (unpaired) electrons. The fourth-order valence-corrected chi connectivity index (χ4v) is 3.88. The van der Waals surface area contributed by atoms with E-state index in [-0.39, 0.29) is 5.97 Å². The summed E-state index contributed by atoms with van der Waals surface area (Å²) < 4.78 is 5.06. The van der Waals surface area contributed by atoms with Crippen molar-refractivity contribution >= 4 is 5.97 Å². The van der Waals surface area contributed by atoms with Crippen LogP contribution in [-0.4, -0.2) is 49.7 Å². The van der Waals surface area contributed by atoms with Crippen LogP contribution < -0.4 is 5.32 Å². The number of esters is 1.